The summed E-state index contributed by atoms with van der Waals surface area (Å²) >= 11 is 1.42. The molecule has 0 aliphatic carbocycles. The van der Waals surface area contributed by atoms with E-state index in [4.69, 9.17) is 5.73 Å². The van der Waals surface area contributed by atoms with Gasteiger partial charge < -0.3 is 20.7 Å². The Kier molecular flexibility index (Phi) is 5.91. The number of anilines is 4. The molecule has 0 saturated carbocycles. The van der Waals surface area contributed by atoms with Gasteiger partial charge in [0, 0.05) is 43.8 Å². The summed E-state index contributed by atoms with van der Waals surface area (Å²) in [4.78, 5) is 29.7. The summed E-state index contributed by atoms with van der Waals surface area (Å²) in [5.74, 6) is 0.531. The van der Waals surface area contributed by atoms with Crippen molar-refractivity contribution in [3.05, 3.63) is 42.2 Å². The highest BCUT2D eigenvalue weighted by Crippen LogP contribution is 2.30. The van der Waals surface area contributed by atoms with Gasteiger partial charge in [0.05, 0.1) is 22.3 Å². The highest BCUT2D eigenvalue weighted by atomic mass is 32.1. The number of rotatable bonds is 6. The van der Waals surface area contributed by atoms with Crippen LogP contribution in [0.1, 0.15) is 12.6 Å². The van der Waals surface area contributed by atoms with Crippen LogP contribution < -0.4 is 16.0 Å². The fraction of sp³-hybridized carbons (Fsp3) is 0.333. The second-order valence-electron chi connectivity index (χ2n) is 7.30. The average molecular weight is 424 g/mol. The summed E-state index contributed by atoms with van der Waals surface area (Å²) in [5.41, 5.74) is 9.57. The molecule has 1 atom stereocenters. The van der Waals surface area contributed by atoms with Crippen molar-refractivity contribution in [2.75, 3.05) is 42.1 Å². The Bertz CT molecular complexity index is 1010. The van der Waals surface area contributed by atoms with Crippen LogP contribution in [0, 0.1) is 6.92 Å². The standard InChI is InChI=1S/C21H25N7OS/c1-14(13-29)27-9-11-28(12-10-27)17-5-3-16(4-6-17)25-21-23-8-7-18(26-21)19-15(2)24-20(22)30-19/h3-8,13-14H,9-12H2,1-2H3,(H2,22,24)(H,23,25,26). The SMILES string of the molecule is Cc1nc(N)sc1-c1ccnc(Nc2ccc(N3CCN(C(C)C=O)CC3)cc2)n1. The minimum atomic E-state index is -0.0142. The molecule has 1 saturated heterocycles. The first-order chi connectivity index (χ1) is 14.5. The van der Waals surface area contributed by atoms with Gasteiger partial charge in [0.15, 0.2) is 5.13 Å². The van der Waals surface area contributed by atoms with E-state index in [1.807, 2.05) is 32.0 Å². The number of benzene rings is 1. The monoisotopic (exact) mass is 423 g/mol. The lowest BCUT2D eigenvalue weighted by Gasteiger charge is -2.37. The minimum absolute atomic E-state index is 0.0142. The summed E-state index contributed by atoms with van der Waals surface area (Å²) < 4.78 is 0. The third-order valence-electron chi connectivity index (χ3n) is 5.28. The molecule has 3 heterocycles. The topological polar surface area (TPSA) is 100 Å². The maximum atomic E-state index is 11.0. The van der Waals surface area contributed by atoms with Gasteiger partial charge in [-0.05, 0) is 44.2 Å². The third kappa shape index (κ3) is 4.42. The number of thiazole rings is 1. The predicted octanol–water partition coefficient (Wildman–Crippen LogP) is 2.94. The van der Waals surface area contributed by atoms with Crippen LogP contribution in [0.2, 0.25) is 0 Å². The van der Waals surface area contributed by atoms with Crippen molar-refractivity contribution in [2.24, 2.45) is 0 Å². The maximum Gasteiger partial charge on any atom is 0.227 e. The molecule has 1 fully saturated rings. The summed E-state index contributed by atoms with van der Waals surface area (Å²) in [7, 11) is 0. The molecule has 8 nitrogen and oxygen atoms in total. The molecule has 3 N–H and O–H groups in total. The van der Waals surface area contributed by atoms with Crippen molar-refractivity contribution < 1.29 is 4.79 Å². The number of aromatic nitrogens is 3. The van der Waals surface area contributed by atoms with E-state index in [0.717, 1.165) is 54.4 Å². The highest BCUT2D eigenvalue weighted by Gasteiger charge is 2.20. The van der Waals surface area contributed by atoms with E-state index in [2.05, 4.69) is 42.2 Å². The van der Waals surface area contributed by atoms with Crippen LogP contribution in [0.25, 0.3) is 10.6 Å². The zero-order valence-corrected chi connectivity index (χ0v) is 17.9. The van der Waals surface area contributed by atoms with Gasteiger partial charge >= 0.3 is 0 Å². The minimum Gasteiger partial charge on any atom is -0.375 e. The fourth-order valence-corrected chi connectivity index (χ4v) is 4.36. The van der Waals surface area contributed by atoms with E-state index in [1.165, 1.54) is 17.0 Å². The second kappa shape index (κ2) is 8.76. The van der Waals surface area contributed by atoms with Crippen molar-refractivity contribution in [3.63, 3.8) is 0 Å². The number of aldehydes is 1. The predicted molar refractivity (Wildman–Crippen MR) is 121 cm³/mol. The number of carbonyl (C=O) groups is 1. The van der Waals surface area contributed by atoms with E-state index in [0.29, 0.717) is 11.1 Å². The first kappa shape index (κ1) is 20.2. The number of hydrogen-bond acceptors (Lipinski definition) is 9. The van der Waals surface area contributed by atoms with E-state index in [1.54, 1.807) is 6.20 Å². The highest BCUT2D eigenvalue weighted by molar-refractivity contribution is 7.18. The van der Waals surface area contributed by atoms with Crippen molar-refractivity contribution in [1.29, 1.82) is 0 Å². The largest absolute Gasteiger partial charge is 0.375 e. The number of nitrogens with two attached hydrogens (primary N) is 1. The second-order valence-corrected chi connectivity index (χ2v) is 8.33. The number of nitrogens with zero attached hydrogens (tertiary/aromatic N) is 5. The quantitative estimate of drug-likeness (QED) is 0.584. The lowest BCUT2D eigenvalue weighted by atomic mass is 10.2. The molecule has 0 radical (unpaired) electrons. The van der Waals surface area contributed by atoms with E-state index in [9.17, 15) is 4.79 Å². The molecular weight excluding hydrogens is 398 g/mol. The molecule has 9 heteroatoms. The van der Waals surface area contributed by atoms with Crippen LogP contribution in [0.5, 0.6) is 0 Å². The van der Waals surface area contributed by atoms with Gasteiger partial charge in [-0.2, -0.15) is 0 Å². The third-order valence-corrected chi connectivity index (χ3v) is 6.29. The Balaban J connectivity index is 1.41. The zero-order valence-electron chi connectivity index (χ0n) is 17.1. The van der Waals surface area contributed by atoms with Crippen molar-refractivity contribution >= 4 is 40.1 Å². The summed E-state index contributed by atoms with van der Waals surface area (Å²) in [6.07, 6.45) is 2.74. The van der Waals surface area contributed by atoms with E-state index >= 15 is 0 Å². The molecule has 3 aromatic rings. The van der Waals surface area contributed by atoms with E-state index < -0.39 is 0 Å². The van der Waals surface area contributed by atoms with Gasteiger partial charge in [-0.15, -0.1) is 0 Å². The molecule has 1 aromatic carbocycles. The van der Waals surface area contributed by atoms with Gasteiger partial charge in [-0.3, -0.25) is 4.90 Å². The Morgan fingerprint density at radius 2 is 1.87 bits per heavy atom. The summed E-state index contributed by atoms with van der Waals surface area (Å²) in [5, 5.41) is 3.80. The Hall–Kier alpha value is -3.04. The number of nitrogens with one attached hydrogen (secondary N) is 1. The van der Waals surface area contributed by atoms with E-state index in [-0.39, 0.29) is 6.04 Å². The van der Waals surface area contributed by atoms with Gasteiger partial charge in [0.2, 0.25) is 5.95 Å². The van der Waals surface area contributed by atoms with Gasteiger partial charge in [-0.1, -0.05) is 11.3 Å². The van der Waals surface area contributed by atoms with Gasteiger partial charge in [0.25, 0.3) is 0 Å². The molecular formula is C21H25N7OS. The molecule has 0 amide bonds. The molecule has 30 heavy (non-hydrogen) atoms. The molecule has 0 spiro atoms. The summed E-state index contributed by atoms with van der Waals surface area (Å²) in [6.45, 7) is 7.48. The fourth-order valence-electron chi connectivity index (χ4n) is 3.56. The number of piperazine rings is 1. The Labute approximate surface area is 179 Å². The average Bonchev–Trinajstić information content (AvgIpc) is 3.12. The Morgan fingerprint density at radius 1 is 1.13 bits per heavy atom. The van der Waals surface area contributed by atoms with Crippen LogP contribution in [0.4, 0.5) is 22.5 Å². The van der Waals surface area contributed by atoms with Crippen LogP contribution in [-0.4, -0.2) is 58.4 Å². The number of carbonyl (C=O) groups excluding carboxylic acids is 1. The Morgan fingerprint density at radius 3 is 2.50 bits per heavy atom. The normalized spacial score (nSPS) is 15.7. The first-order valence-electron chi connectivity index (χ1n) is 9.91. The molecule has 2 aromatic heterocycles. The number of hydrogen-bond donors (Lipinski definition) is 2. The van der Waals surface area contributed by atoms with Crippen LogP contribution in [0.3, 0.4) is 0 Å². The molecule has 1 unspecified atom stereocenters. The van der Waals surface area contributed by atoms with Crippen molar-refractivity contribution in [2.45, 2.75) is 19.9 Å². The van der Waals surface area contributed by atoms with Crippen LogP contribution in [-0.2, 0) is 4.79 Å². The molecule has 1 aliphatic rings. The van der Waals surface area contributed by atoms with Crippen molar-refractivity contribution in [1.82, 2.24) is 19.9 Å². The first-order valence-corrected chi connectivity index (χ1v) is 10.7. The van der Waals surface area contributed by atoms with Gasteiger partial charge in [-0.25, -0.2) is 15.0 Å². The molecule has 4 rings (SSSR count). The number of nitrogen functional groups attached to an aromatic ring is 1. The molecule has 156 valence electrons. The van der Waals surface area contributed by atoms with Crippen molar-refractivity contribution in [3.8, 4) is 10.6 Å². The summed E-state index contributed by atoms with van der Waals surface area (Å²) in [6, 6.07) is 10.1. The lowest BCUT2D eigenvalue weighted by Crippen LogP contribution is -2.50. The molecule has 1 aliphatic heterocycles. The van der Waals surface area contributed by atoms with Gasteiger partial charge in [0.1, 0.15) is 6.29 Å². The smallest absolute Gasteiger partial charge is 0.227 e. The zero-order chi connectivity index (χ0) is 21.1. The molecule has 0 bridgehead atoms. The maximum absolute atomic E-state index is 11.0. The van der Waals surface area contributed by atoms with Crippen LogP contribution in [0.15, 0.2) is 36.5 Å². The lowest BCUT2D eigenvalue weighted by molar-refractivity contribution is -0.112. The number of aryl methyl sites for hydroxylation is 1. The van der Waals surface area contributed by atoms with Crippen LogP contribution >= 0.6 is 11.3 Å².